The standard InChI is InChI=1S/C25H33N2/c1-16(2)12-19-10-9-11-23-22(19)15-27(8)24(26-23)21-14-20(25(5,6)7)13-17(3)18(21)4/h9-11,13-16H,12H2,1-8H3/q+1. The zero-order chi connectivity index (χ0) is 19.9. The molecule has 3 aromatic rings. The summed E-state index contributed by atoms with van der Waals surface area (Å²) < 4.78 is 2.19. The highest BCUT2D eigenvalue weighted by Gasteiger charge is 2.23. The average molecular weight is 362 g/mol. The van der Waals surface area contributed by atoms with Crippen LogP contribution in [-0.2, 0) is 18.9 Å². The molecule has 3 rings (SSSR count). The van der Waals surface area contributed by atoms with Crippen LogP contribution < -0.4 is 4.57 Å². The first-order valence-electron chi connectivity index (χ1n) is 9.98. The Kier molecular flexibility index (Phi) is 5.12. The third kappa shape index (κ3) is 3.90. The quantitative estimate of drug-likeness (QED) is 0.536. The maximum atomic E-state index is 5.10. The van der Waals surface area contributed by atoms with Crippen molar-refractivity contribution in [2.75, 3.05) is 0 Å². The van der Waals surface area contributed by atoms with Gasteiger partial charge in [-0.1, -0.05) is 52.8 Å². The van der Waals surface area contributed by atoms with Crippen LogP contribution in [0.5, 0.6) is 0 Å². The molecule has 0 saturated carbocycles. The van der Waals surface area contributed by atoms with Gasteiger partial charge in [0.25, 0.3) is 0 Å². The van der Waals surface area contributed by atoms with Gasteiger partial charge in [-0.05, 0) is 71.0 Å². The topological polar surface area (TPSA) is 16.8 Å². The van der Waals surface area contributed by atoms with Gasteiger partial charge in [-0.2, -0.15) is 0 Å². The van der Waals surface area contributed by atoms with E-state index in [1.54, 1.807) is 0 Å². The summed E-state index contributed by atoms with van der Waals surface area (Å²) >= 11 is 0. The molecule has 1 heterocycles. The number of benzene rings is 2. The summed E-state index contributed by atoms with van der Waals surface area (Å²) in [6.45, 7) is 15.8. The van der Waals surface area contributed by atoms with E-state index in [9.17, 15) is 0 Å². The molecule has 0 N–H and O–H groups in total. The minimum absolute atomic E-state index is 0.118. The molecule has 0 bridgehead atoms. The van der Waals surface area contributed by atoms with Crippen molar-refractivity contribution < 1.29 is 4.57 Å². The normalized spacial score (nSPS) is 12.2. The van der Waals surface area contributed by atoms with Crippen molar-refractivity contribution in [1.82, 2.24) is 4.98 Å². The Bertz CT molecular complexity index is 991. The lowest BCUT2D eigenvalue weighted by atomic mass is 9.83. The molecule has 0 radical (unpaired) electrons. The third-order valence-electron chi connectivity index (χ3n) is 5.46. The van der Waals surface area contributed by atoms with E-state index in [1.807, 2.05) is 0 Å². The second kappa shape index (κ2) is 7.07. The molecule has 0 saturated heterocycles. The zero-order valence-corrected chi connectivity index (χ0v) is 18.1. The van der Waals surface area contributed by atoms with E-state index < -0.39 is 0 Å². The summed E-state index contributed by atoms with van der Waals surface area (Å²) in [4.78, 5) is 5.10. The van der Waals surface area contributed by atoms with E-state index in [1.165, 1.54) is 33.2 Å². The molecular weight excluding hydrogens is 328 g/mol. The van der Waals surface area contributed by atoms with Crippen molar-refractivity contribution in [2.24, 2.45) is 13.0 Å². The van der Waals surface area contributed by atoms with Gasteiger partial charge in [-0.3, -0.25) is 0 Å². The highest BCUT2D eigenvalue weighted by Crippen LogP contribution is 2.31. The van der Waals surface area contributed by atoms with Crippen LogP contribution in [0.25, 0.3) is 22.3 Å². The number of hydrogen-bond donors (Lipinski definition) is 0. The number of fused-ring (bicyclic) bond motifs is 1. The van der Waals surface area contributed by atoms with E-state index in [2.05, 4.69) is 96.6 Å². The second-order valence-electron chi connectivity index (χ2n) is 9.34. The molecule has 0 spiro atoms. The van der Waals surface area contributed by atoms with E-state index in [0.29, 0.717) is 5.92 Å². The minimum atomic E-state index is 0.118. The van der Waals surface area contributed by atoms with Crippen molar-refractivity contribution in [3.05, 3.63) is 58.8 Å². The molecular formula is C25H33N2+. The summed E-state index contributed by atoms with van der Waals surface area (Å²) in [6, 6.07) is 11.2. The predicted octanol–water partition coefficient (Wildman–Crippen LogP) is 5.84. The maximum absolute atomic E-state index is 5.10. The molecule has 2 aromatic carbocycles. The summed E-state index contributed by atoms with van der Waals surface area (Å²) in [5.41, 5.74) is 7.81. The molecule has 2 nitrogen and oxygen atoms in total. The van der Waals surface area contributed by atoms with Crippen molar-refractivity contribution >= 4 is 10.9 Å². The molecule has 142 valence electrons. The van der Waals surface area contributed by atoms with Crippen LogP contribution in [0, 0.1) is 19.8 Å². The fourth-order valence-electron chi connectivity index (χ4n) is 3.69. The zero-order valence-electron chi connectivity index (χ0n) is 18.1. The molecule has 0 aliphatic rings. The largest absolute Gasteiger partial charge is 0.331 e. The van der Waals surface area contributed by atoms with Gasteiger partial charge in [-0.15, -0.1) is 0 Å². The number of nitrogens with zero attached hydrogens (tertiary/aromatic N) is 2. The lowest BCUT2D eigenvalue weighted by Gasteiger charge is -2.21. The monoisotopic (exact) mass is 361 g/mol. The smallest absolute Gasteiger partial charge is 0.232 e. The van der Waals surface area contributed by atoms with Gasteiger partial charge < -0.3 is 0 Å². The summed E-state index contributed by atoms with van der Waals surface area (Å²) in [5, 5.41) is 1.26. The van der Waals surface area contributed by atoms with Crippen LogP contribution in [0.2, 0.25) is 0 Å². The second-order valence-corrected chi connectivity index (χ2v) is 9.34. The molecule has 0 aliphatic carbocycles. The first-order chi connectivity index (χ1) is 12.6. The van der Waals surface area contributed by atoms with Crippen molar-refractivity contribution in [3.8, 4) is 11.4 Å². The van der Waals surface area contributed by atoms with Crippen LogP contribution in [0.3, 0.4) is 0 Å². The average Bonchev–Trinajstić information content (AvgIpc) is 2.56. The SMILES string of the molecule is Cc1cc(C(C)(C)C)cc(-c2nc3cccc(CC(C)C)c3c[n+]2C)c1C. The Labute approximate surface area is 164 Å². The molecule has 2 heteroatoms. The highest BCUT2D eigenvalue weighted by atomic mass is 15.0. The summed E-state index contributed by atoms with van der Waals surface area (Å²) in [5.74, 6) is 1.67. The molecule has 1 aromatic heterocycles. The van der Waals surface area contributed by atoms with Crippen LogP contribution in [-0.4, -0.2) is 4.98 Å². The van der Waals surface area contributed by atoms with Crippen molar-refractivity contribution in [1.29, 1.82) is 0 Å². The number of rotatable bonds is 3. The number of aryl methyl sites for hydroxylation is 2. The Morgan fingerprint density at radius 1 is 1.07 bits per heavy atom. The third-order valence-corrected chi connectivity index (χ3v) is 5.46. The van der Waals surface area contributed by atoms with E-state index in [0.717, 1.165) is 17.8 Å². The van der Waals surface area contributed by atoms with Gasteiger partial charge in [0.15, 0.2) is 5.52 Å². The maximum Gasteiger partial charge on any atom is 0.331 e. The first kappa shape index (κ1) is 19.5. The van der Waals surface area contributed by atoms with Crippen LogP contribution in [0.4, 0.5) is 0 Å². The van der Waals surface area contributed by atoms with E-state index in [4.69, 9.17) is 4.98 Å². The highest BCUT2D eigenvalue weighted by molar-refractivity contribution is 5.82. The first-order valence-corrected chi connectivity index (χ1v) is 9.98. The molecule has 0 aliphatic heterocycles. The fraction of sp³-hybridized carbons (Fsp3) is 0.440. The van der Waals surface area contributed by atoms with E-state index in [-0.39, 0.29) is 5.41 Å². The van der Waals surface area contributed by atoms with E-state index >= 15 is 0 Å². The van der Waals surface area contributed by atoms with Gasteiger partial charge in [-0.25, -0.2) is 4.57 Å². The molecule has 0 atom stereocenters. The van der Waals surface area contributed by atoms with Crippen molar-refractivity contribution in [3.63, 3.8) is 0 Å². The lowest BCUT2D eigenvalue weighted by molar-refractivity contribution is -0.661. The van der Waals surface area contributed by atoms with Crippen LogP contribution >= 0.6 is 0 Å². The van der Waals surface area contributed by atoms with Crippen molar-refractivity contribution in [2.45, 2.75) is 60.3 Å². The van der Waals surface area contributed by atoms with Gasteiger partial charge in [0.05, 0.1) is 18.0 Å². The Morgan fingerprint density at radius 2 is 1.78 bits per heavy atom. The Morgan fingerprint density at radius 3 is 2.41 bits per heavy atom. The van der Waals surface area contributed by atoms with Gasteiger partial charge in [0.2, 0.25) is 0 Å². The summed E-state index contributed by atoms with van der Waals surface area (Å²) in [7, 11) is 2.12. The van der Waals surface area contributed by atoms with Crippen LogP contribution in [0.1, 0.15) is 56.9 Å². The molecule has 0 fully saturated rings. The fourth-order valence-corrected chi connectivity index (χ4v) is 3.69. The molecule has 0 amide bonds. The van der Waals surface area contributed by atoms with Crippen LogP contribution in [0.15, 0.2) is 36.5 Å². The Hall–Kier alpha value is -2.22. The molecule has 0 unspecified atom stereocenters. The summed E-state index contributed by atoms with van der Waals surface area (Å²) in [6.07, 6.45) is 3.34. The predicted molar refractivity (Wildman–Crippen MR) is 115 cm³/mol. The Balaban J connectivity index is 2.24. The van der Waals surface area contributed by atoms with Gasteiger partial charge >= 0.3 is 5.82 Å². The van der Waals surface area contributed by atoms with Gasteiger partial charge in [0, 0.05) is 0 Å². The number of hydrogen-bond acceptors (Lipinski definition) is 1. The molecule has 27 heavy (non-hydrogen) atoms. The number of aromatic nitrogens is 2. The minimum Gasteiger partial charge on any atom is -0.232 e. The lowest BCUT2D eigenvalue weighted by Crippen LogP contribution is -2.32. The van der Waals surface area contributed by atoms with Gasteiger partial charge in [0.1, 0.15) is 6.20 Å².